The Balaban J connectivity index is 1.64. The molecule has 0 atom stereocenters. The predicted octanol–water partition coefficient (Wildman–Crippen LogP) is 4.79. The number of anilines is 1. The maximum absolute atomic E-state index is 6.01. The number of rotatable bonds is 10. The molecule has 2 N–H and O–H groups in total. The van der Waals surface area contributed by atoms with Crippen LogP contribution in [0, 0.1) is 0 Å². The van der Waals surface area contributed by atoms with Gasteiger partial charge in [0.05, 0.1) is 13.7 Å². The molecule has 28 heavy (non-hydrogen) atoms. The Morgan fingerprint density at radius 1 is 0.786 bits per heavy atom. The molecule has 0 amide bonds. The summed E-state index contributed by atoms with van der Waals surface area (Å²) >= 11 is 0. The average Bonchev–Trinajstić information content (AvgIpc) is 2.74. The van der Waals surface area contributed by atoms with Crippen molar-refractivity contribution in [3.8, 4) is 17.2 Å². The Morgan fingerprint density at radius 3 is 2.21 bits per heavy atom. The van der Waals surface area contributed by atoms with Gasteiger partial charge in [-0.2, -0.15) is 0 Å². The number of methoxy groups -OCH3 is 1. The molecule has 0 spiro atoms. The van der Waals surface area contributed by atoms with E-state index in [1.807, 2.05) is 73.7 Å². The second-order valence-corrected chi connectivity index (χ2v) is 6.16. The molecule has 5 nitrogen and oxygen atoms in total. The zero-order valence-electron chi connectivity index (χ0n) is 16.3. The third kappa shape index (κ3) is 5.41. The second kappa shape index (κ2) is 10.2. The molecule has 3 aromatic carbocycles. The van der Waals surface area contributed by atoms with Gasteiger partial charge in [-0.05, 0) is 48.9 Å². The maximum Gasteiger partial charge on any atom is 0.161 e. The Labute approximate surface area is 166 Å². The highest BCUT2D eigenvalue weighted by Gasteiger charge is 2.08. The lowest BCUT2D eigenvalue weighted by molar-refractivity contribution is 0.265. The summed E-state index contributed by atoms with van der Waals surface area (Å²) in [6, 6.07) is 23.8. The Hall–Kier alpha value is -3.18. The van der Waals surface area contributed by atoms with Gasteiger partial charge in [-0.3, -0.25) is 0 Å². The SMILES string of the molecule is CCOc1ccccc1OCc1cc(CNNc2ccccc2)ccc1OC. The van der Waals surface area contributed by atoms with Crippen LogP contribution in [0.15, 0.2) is 72.8 Å². The van der Waals surface area contributed by atoms with Gasteiger partial charge >= 0.3 is 0 Å². The van der Waals surface area contributed by atoms with Gasteiger partial charge in [0.15, 0.2) is 11.5 Å². The van der Waals surface area contributed by atoms with Crippen molar-refractivity contribution in [2.75, 3.05) is 19.1 Å². The molecule has 0 fully saturated rings. The summed E-state index contributed by atoms with van der Waals surface area (Å²) < 4.78 is 17.1. The lowest BCUT2D eigenvalue weighted by atomic mass is 10.1. The van der Waals surface area contributed by atoms with Gasteiger partial charge in [0.1, 0.15) is 12.4 Å². The molecule has 3 rings (SSSR count). The number of hydrogen-bond acceptors (Lipinski definition) is 5. The number of hydrazine groups is 1. The van der Waals surface area contributed by atoms with E-state index < -0.39 is 0 Å². The molecule has 0 aliphatic heterocycles. The molecule has 0 radical (unpaired) electrons. The second-order valence-electron chi connectivity index (χ2n) is 6.16. The first-order valence-electron chi connectivity index (χ1n) is 9.34. The van der Waals surface area contributed by atoms with E-state index in [1.165, 1.54) is 0 Å². The highest BCUT2D eigenvalue weighted by Crippen LogP contribution is 2.29. The molecule has 0 aliphatic carbocycles. The first-order valence-corrected chi connectivity index (χ1v) is 9.34. The summed E-state index contributed by atoms with van der Waals surface area (Å²) in [5.74, 6) is 2.27. The van der Waals surface area contributed by atoms with Crippen molar-refractivity contribution in [3.05, 3.63) is 83.9 Å². The number of hydrogen-bond donors (Lipinski definition) is 2. The normalized spacial score (nSPS) is 10.4. The fourth-order valence-electron chi connectivity index (χ4n) is 2.82. The van der Waals surface area contributed by atoms with Crippen molar-refractivity contribution >= 4 is 5.69 Å². The predicted molar refractivity (Wildman–Crippen MR) is 112 cm³/mol. The van der Waals surface area contributed by atoms with E-state index in [1.54, 1.807) is 7.11 Å². The van der Waals surface area contributed by atoms with E-state index in [4.69, 9.17) is 14.2 Å². The molecular formula is C23H26N2O3. The third-order valence-corrected chi connectivity index (χ3v) is 4.18. The molecule has 3 aromatic rings. The molecule has 0 bridgehead atoms. The Morgan fingerprint density at radius 2 is 1.50 bits per heavy atom. The highest BCUT2D eigenvalue weighted by molar-refractivity contribution is 5.42. The summed E-state index contributed by atoms with van der Waals surface area (Å²) in [5, 5.41) is 0. The van der Waals surface area contributed by atoms with Crippen LogP contribution in [0.4, 0.5) is 5.69 Å². The van der Waals surface area contributed by atoms with Crippen molar-refractivity contribution in [1.82, 2.24) is 5.43 Å². The average molecular weight is 378 g/mol. The summed E-state index contributed by atoms with van der Waals surface area (Å²) in [7, 11) is 1.67. The van der Waals surface area contributed by atoms with E-state index in [-0.39, 0.29) is 0 Å². The van der Waals surface area contributed by atoms with Crippen LogP contribution in [0.25, 0.3) is 0 Å². The molecule has 0 saturated heterocycles. The van der Waals surface area contributed by atoms with Crippen LogP contribution in [-0.4, -0.2) is 13.7 Å². The van der Waals surface area contributed by atoms with Crippen LogP contribution >= 0.6 is 0 Å². The van der Waals surface area contributed by atoms with Crippen molar-refractivity contribution in [3.63, 3.8) is 0 Å². The number of nitrogens with one attached hydrogen (secondary N) is 2. The lowest BCUT2D eigenvalue weighted by Crippen LogP contribution is -2.20. The Kier molecular flexibility index (Phi) is 7.15. The van der Waals surface area contributed by atoms with Gasteiger partial charge < -0.3 is 19.6 Å². The van der Waals surface area contributed by atoms with Crippen molar-refractivity contribution in [1.29, 1.82) is 0 Å². The minimum absolute atomic E-state index is 0.396. The zero-order valence-corrected chi connectivity index (χ0v) is 16.3. The van der Waals surface area contributed by atoms with Crippen LogP contribution in [0.1, 0.15) is 18.1 Å². The van der Waals surface area contributed by atoms with Crippen LogP contribution in [0.3, 0.4) is 0 Å². The fraction of sp³-hybridized carbons (Fsp3) is 0.217. The van der Waals surface area contributed by atoms with Crippen LogP contribution < -0.4 is 25.1 Å². The van der Waals surface area contributed by atoms with Crippen LogP contribution in [0.5, 0.6) is 17.2 Å². The summed E-state index contributed by atoms with van der Waals surface area (Å²) in [6.07, 6.45) is 0. The number of para-hydroxylation sites is 3. The third-order valence-electron chi connectivity index (χ3n) is 4.18. The lowest BCUT2D eigenvalue weighted by Gasteiger charge is -2.15. The van der Waals surface area contributed by atoms with Crippen molar-refractivity contribution in [2.45, 2.75) is 20.1 Å². The first kappa shape index (κ1) is 19.6. The molecule has 0 unspecified atom stereocenters. The van der Waals surface area contributed by atoms with E-state index in [0.717, 1.165) is 34.1 Å². The van der Waals surface area contributed by atoms with Gasteiger partial charge in [0.2, 0.25) is 0 Å². The highest BCUT2D eigenvalue weighted by atomic mass is 16.5. The standard InChI is InChI=1S/C23H26N2O3/c1-3-27-22-11-7-8-12-23(22)28-17-19-15-18(13-14-21(19)26-2)16-24-25-20-9-5-4-6-10-20/h4-15,24-25H,3,16-17H2,1-2H3. The van der Waals surface area contributed by atoms with E-state index in [0.29, 0.717) is 19.8 Å². The van der Waals surface area contributed by atoms with E-state index in [2.05, 4.69) is 16.9 Å². The van der Waals surface area contributed by atoms with Gasteiger partial charge in [-0.15, -0.1) is 0 Å². The van der Waals surface area contributed by atoms with Crippen molar-refractivity contribution in [2.24, 2.45) is 0 Å². The molecule has 5 heteroatoms. The minimum Gasteiger partial charge on any atom is -0.496 e. The monoisotopic (exact) mass is 378 g/mol. The molecule has 146 valence electrons. The van der Waals surface area contributed by atoms with Crippen molar-refractivity contribution < 1.29 is 14.2 Å². The quantitative estimate of drug-likeness (QED) is 0.497. The molecule has 0 aliphatic rings. The summed E-state index contributed by atoms with van der Waals surface area (Å²) in [4.78, 5) is 0. The van der Waals surface area contributed by atoms with Gasteiger partial charge in [0.25, 0.3) is 0 Å². The smallest absolute Gasteiger partial charge is 0.161 e. The van der Waals surface area contributed by atoms with Crippen LogP contribution in [0.2, 0.25) is 0 Å². The molecule has 0 heterocycles. The summed E-state index contributed by atoms with van der Waals surface area (Å²) in [5.41, 5.74) is 9.55. The van der Waals surface area contributed by atoms with Crippen LogP contribution in [-0.2, 0) is 13.2 Å². The minimum atomic E-state index is 0.396. The largest absolute Gasteiger partial charge is 0.496 e. The van der Waals surface area contributed by atoms with Gasteiger partial charge in [0, 0.05) is 17.8 Å². The fourth-order valence-corrected chi connectivity index (χ4v) is 2.82. The van der Waals surface area contributed by atoms with E-state index >= 15 is 0 Å². The maximum atomic E-state index is 6.01. The molecular weight excluding hydrogens is 352 g/mol. The number of ether oxygens (including phenoxy) is 3. The van der Waals surface area contributed by atoms with E-state index in [9.17, 15) is 0 Å². The first-order chi connectivity index (χ1) is 13.8. The van der Waals surface area contributed by atoms with Gasteiger partial charge in [-0.1, -0.05) is 36.4 Å². The number of benzene rings is 3. The zero-order chi connectivity index (χ0) is 19.6. The summed E-state index contributed by atoms with van der Waals surface area (Å²) in [6.45, 7) is 3.62. The Bertz CT molecular complexity index is 869. The molecule has 0 aromatic heterocycles. The topological polar surface area (TPSA) is 51.8 Å². The van der Waals surface area contributed by atoms with Gasteiger partial charge in [-0.25, -0.2) is 5.43 Å². The molecule has 0 saturated carbocycles.